The van der Waals surface area contributed by atoms with Gasteiger partial charge in [-0.3, -0.25) is 0 Å². The second kappa shape index (κ2) is 6.92. The van der Waals surface area contributed by atoms with Crippen molar-refractivity contribution in [3.63, 3.8) is 0 Å². The maximum atomic E-state index is 11.6. The number of esters is 1. The highest BCUT2D eigenvalue weighted by molar-refractivity contribution is 5.97. The van der Waals surface area contributed by atoms with Crippen molar-refractivity contribution < 1.29 is 13.9 Å². The fraction of sp³-hybridized carbons (Fsp3) is 0.0588. The van der Waals surface area contributed by atoms with E-state index in [4.69, 9.17) is 14.4 Å². The van der Waals surface area contributed by atoms with E-state index in [9.17, 15) is 4.79 Å². The van der Waals surface area contributed by atoms with Gasteiger partial charge in [0.1, 0.15) is 29.8 Å². The Morgan fingerprint density at radius 2 is 2.05 bits per heavy atom. The third-order valence-corrected chi connectivity index (χ3v) is 2.64. The number of carbonyl (C=O) groups is 1. The van der Waals surface area contributed by atoms with Gasteiger partial charge in [0.15, 0.2) is 0 Å². The third kappa shape index (κ3) is 3.71. The minimum atomic E-state index is -0.699. The highest BCUT2D eigenvalue weighted by Crippen LogP contribution is 2.23. The highest BCUT2D eigenvalue weighted by atomic mass is 16.5. The summed E-state index contributed by atoms with van der Waals surface area (Å²) in [4.78, 5) is 11.6. The van der Waals surface area contributed by atoms with Crippen LogP contribution in [0.25, 0.3) is 17.4 Å². The fourth-order valence-electron chi connectivity index (χ4n) is 1.68. The van der Waals surface area contributed by atoms with Gasteiger partial charge in [0, 0.05) is 11.6 Å². The van der Waals surface area contributed by atoms with E-state index in [1.54, 1.807) is 18.2 Å². The Balaban J connectivity index is 2.21. The van der Waals surface area contributed by atoms with Crippen molar-refractivity contribution in [3.8, 4) is 17.4 Å². The Morgan fingerprint density at radius 3 is 2.71 bits per heavy atom. The zero-order chi connectivity index (χ0) is 15.1. The molecule has 0 N–H and O–H groups in total. The quantitative estimate of drug-likeness (QED) is 0.363. The number of rotatable bonds is 5. The number of hydrogen-bond donors (Lipinski definition) is 0. The molecule has 2 rings (SSSR count). The summed E-state index contributed by atoms with van der Waals surface area (Å²) in [5.41, 5.74) is 0.802. The van der Waals surface area contributed by atoms with Crippen molar-refractivity contribution >= 4 is 12.0 Å². The van der Waals surface area contributed by atoms with Crippen molar-refractivity contribution in [2.24, 2.45) is 0 Å². The maximum absolute atomic E-state index is 11.6. The molecule has 4 nitrogen and oxygen atoms in total. The predicted octanol–water partition coefficient (Wildman–Crippen LogP) is 3.58. The first-order chi connectivity index (χ1) is 10.2. The molecule has 0 fully saturated rings. The molecule has 0 bridgehead atoms. The molecule has 104 valence electrons. The van der Waals surface area contributed by atoms with Crippen LogP contribution < -0.4 is 0 Å². The monoisotopic (exact) mass is 279 g/mol. The van der Waals surface area contributed by atoms with Gasteiger partial charge >= 0.3 is 5.97 Å². The van der Waals surface area contributed by atoms with Crippen LogP contribution in [0.1, 0.15) is 5.76 Å². The topological polar surface area (TPSA) is 63.2 Å². The van der Waals surface area contributed by atoms with Gasteiger partial charge in [-0.1, -0.05) is 43.0 Å². The van der Waals surface area contributed by atoms with Crippen LogP contribution in [0.3, 0.4) is 0 Å². The Hall–Kier alpha value is -3.06. The zero-order valence-electron chi connectivity index (χ0n) is 11.3. The molecule has 0 amide bonds. The molecule has 1 heterocycles. The molecule has 0 radical (unpaired) electrons. The molecule has 0 spiro atoms. The van der Waals surface area contributed by atoms with Crippen LogP contribution >= 0.6 is 0 Å². The van der Waals surface area contributed by atoms with Crippen LogP contribution in [-0.2, 0) is 9.53 Å². The van der Waals surface area contributed by atoms with Crippen molar-refractivity contribution in [1.29, 1.82) is 5.26 Å². The van der Waals surface area contributed by atoms with Gasteiger partial charge in [-0.15, -0.1) is 0 Å². The summed E-state index contributed by atoms with van der Waals surface area (Å²) in [5, 5.41) is 8.99. The van der Waals surface area contributed by atoms with Crippen molar-refractivity contribution in [1.82, 2.24) is 0 Å². The maximum Gasteiger partial charge on any atom is 0.349 e. The van der Waals surface area contributed by atoms with Crippen LogP contribution in [-0.4, -0.2) is 12.6 Å². The van der Waals surface area contributed by atoms with E-state index < -0.39 is 5.97 Å². The van der Waals surface area contributed by atoms with Crippen molar-refractivity contribution in [2.45, 2.75) is 0 Å². The normalized spacial score (nSPS) is 10.7. The van der Waals surface area contributed by atoms with Crippen molar-refractivity contribution in [2.75, 3.05) is 6.61 Å². The van der Waals surface area contributed by atoms with E-state index in [1.165, 1.54) is 12.2 Å². The molecule has 0 aliphatic carbocycles. The Morgan fingerprint density at radius 1 is 1.29 bits per heavy atom. The lowest BCUT2D eigenvalue weighted by Crippen LogP contribution is -2.06. The van der Waals surface area contributed by atoms with Gasteiger partial charge in [-0.25, -0.2) is 4.79 Å². The Labute approximate surface area is 122 Å². The molecular formula is C17H13NO3. The molecule has 0 unspecified atom stereocenters. The molecule has 1 aromatic carbocycles. The van der Waals surface area contributed by atoms with Crippen LogP contribution in [0.4, 0.5) is 0 Å². The minimum Gasteiger partial charge on any atom is -0.457 e. The summed E-state index contributed by atoms with van der Waals surface area (Å²) in [6.07, 6.45) is 2.80. The van der Waals surface area contributed by atoms with Gasteiger partial charge in [-0.05, 0) is 12.1 Å². The summed E-state index contributed by atoms with van der Waals surface area (Å²) in [6, 6.07) is 14.8. The second-order valence-corrected chi connectivity index (χ2v) is 4.12. The lowest BCUT2D eigenvalue weighted by Gasteiger charge is -1.99. The molecule has 0 aliphatic heterocycles. The van der Waals surface area contributed by atoms with Gasteiger partial charge in [0.2, 0.25) is 0 Å². The fourth-order valence-corrected chi connectivity index (χ4v) is 1.68. The molecule has 4 heteroatoms. The van der Waals surface area contributed by atoms with E-state index in [-0.39, 0.29) is 12.2 Å². The second-order valence-electron chi connectivity index (χ2n) is 4.12. The summed E-state index contributed by atoms with van der Waals surface area (Å²) in [6.45, 7) is 3.50. The van der Waals surface area contributed by atoms with Gasteiger partial charge in [-0.2, -0.15) is 5.26 Å². The number of ether oxygens (including phenoxy) is 1. The lowest BCUT2D eigenvalue weighted by atomic mass is 10.2. The largest absolute Gasteiger partial charge is 0.457 e. The number of hydrogen-bond acceptors (Lipinski definition) is 4. The van der Waals surface area contributed by atoms with Crippen LogP contribution in [0.5, 0.6) is 0 Å². The Bertz CT molecular complexity index is 705. The number of nitriles is 1. The molecule has 0 saturated carbocycles. The number of carbonyl (C=O) groups excluding carboxylic acids is 1. The van der Waals surface area contributed by atoms with E-state index in [0.29, 0.717) is 11.5 Å². The molecule has 0 saturated heterocycles. The van der Waals surface area contributed by atoms with Crippen molar-refractivity contribution in [3.05, 3.63) is 66.5 Å². The molecule has 0 aliphatic rings. The third-order valence-electron chi connectivity index (χ3n) is 2.64. The summed E-state index contributed by atoms with van der Waals surface area (Å²) in [5.74, 6) is 0.384. The first-order valence-electron chi connectivity index (χ1n) is 6.29. The SMILES string of the molecule is C=CCOC(=O)/C(C#N)=C/c1ccc(-c2ccccc2)o1. The van der Waals surface area contributed by atoms with Gasteiger partial charge in [0.25, 0.3) is 0 Å². The lowest BCUT2D eigenvalue weighted by molar-refractivity contribution is -0.137. The zero-order valence-corrected chi connectivity index (χ0v) is 11.3. The van der Waals surface area contributed by atoms with Gasteiger partial charge < -0.3 is 9.15 Å². The standard InChI is InChI=1S/C17H13NO3/c1-2-10-20-17(19)14(12-18)11-15-8-9-16(21-15)13-6-4-3-5-7-13/h2-9,11H,1,10H2/b14-11+. The van der Waals surface area contributed by atoms with Crippen LogP contribution in [0, 0.1) is 11.3 Å². The average molecular weight is 279 g/mol. The number of nitrogens with zero attached hydrogens (tertiary/aromatic N) is 1. The molecule has 1 aromatic heterocycles. The van der Waals surface area contributed by atoms with E-state index in [1.807, 2.05) is 30.3 Å². The summed E-state index contributed by atoms with van der Waals surface area (Å²) >= 11 is 0. The van der Waals surface area contributed by atoms with Crippen LogP contribution in [0.2, 0.25) is 0 Å². The molecular weight excluding hydrogens is 266 g/mol. The molecule has 21 heavy (non-hydrogen) atoms. The molecule has 0 atom stereocenters. The summed E-state index contributed by atoms with van der Waals surface area (Å²) < 4.78 is 10.4. The number of benzene rings is 1. The number of furan rings is 1. The first kappa shape index (κ1) is 14.4. The van der Waals surface area contributed by atoms with Crippen LogP contribution in [0.15, 0.2) is 65.1 Å². The minimum absolute atomic E-state index is 0.0608. The van der Waals surface area contributed by atoms with E-state index in [2.05, 4.69) is 6.58 Å². The summed E-state index contributed by atoms with van der Waals surface area (Å²) in [7, 11) is 0. The van der Waals surface area contributed by atoms with E-state index in [0.717, 1.165) is 5.56 Å². The Kier molecular flexibility index (Phi) is 4.73. The van der Waals surface area contributed by atoms with E-state index >= 15 is 0 Å². The van der Waals surface area contributed by atoms with Gasteiger partial charge in [0.05, 0.1) is 0 Å². The predicted molar refractivity (Wildman–Crippen MR) is 78.9 cm³/mol. The smallest absolute Gasteiger partial charge is 0.349 e. The first-order valence-corrected chi connectivity index (χ1v) is 6.29. The average Bonchev–Trinajstić information content (AvgIpc) is 2.99. The molecule has 2 aromatic rings. The highest BCUT2D eigenvalue weighted by Gasteiger charge is 2.11.